The Balaban J connectivity index is 2.79. The third kappa shape index (κ3) is 9.11. The number of rotatable bonds is 11. The molecular weight excluding hydrogens is 438 g/mol. The molecule has 6 unspecified atom stereocenters. The van der Waals surface area contributed by atoms with Gasteiger partial charge in [-0.25, -0.2) is 4.28 Å². The first kappa shape index (κ1) is 25.9. The number of ether oxygens (including phenoxy) is 1. The quantitative estimate of drug-likeness (QED) is 0.0715. The molecule has 0 aromatic rings. The molecule has 1 heterocycles. The smallest absolute Gasteiger partial charge is 0.394 e. The Morgan fingerprint density at radius 1 is 1.21 bits per heavy atom. The van der Waals surface area contributed by atoms with Crippen LogP contribution in [-0.4, -0.2) is 98.1 Å². The molecule has 0 aromatic heterocycles. The van der Waals surface area contributed by atoms with Gasteiger partial charge in [0.25, 0.3) is 0 Å². The molecule has 0 aromatic carbocycles. The van der Waals surface area contributed by atoms with Crippen LogP contribution in [0.25, 0.3) is 0 Å². The summed E-state index contributed by atoms with van der Waals surface area (Å²) in [6.07, 6.45) is -3.04. The molecule has 166 valence electrons. The van der Waals surface area contributed by atoms with E-state index in [2.05, 4.69) is 9.44 Å². The predicted octanol–water partition coefficient (Wildman–Crippen LogP) is -1.06. The Morgan fingerprint density at radius 3 is 2.46 bits per heavy atom. The lowest BCUT2D eigenvalue weighted by Gasteiger charge is -2.39. The van der Waals surface area contributed by atoms with E-state index in [1.54, 1.807) is 11.8 Å². The summed E-state index contributed by atoms with van der Waals surface area (Å²) < 4.78 is 39.6. The van der Waals surface area contributed by atoms with Crippen molar-refractivity contribution in [1.29, 1.82) is 0 Å². The van der Waals surface area contributed by atoms with E-state index in [0.717, 1.165) is 12.2 Å². The molecule has 1 rings (SSSR count). The molecule has 11 nitrogen and oxygen atoms in total. The highest BCUT2D eigenvalue weighted by atomic mass is 32.3. The highest BCUT2D eigenvalue weighted by Crippen LogP contribution is 2.30. The van der Waals surface area contributed by atoms with Gasteiger partial charge in [0.1, 0.15) is 34.9 Å². The van der Waals surface area contributed by atoms with Crippen LogP contribution in [0.15, 0.2) is 5.16 Å². The summed E-state index contributed by atoms with van der Waals surface area (Å²) in [4.78, 5) is 0. The van der Waals surface area contributed by atoms with Crippen molar-refractivity contribution < 1.29 is 47.5 Å². The van der Waals surface area contributed by atoms with E-state index in [1.807, 2.05) is 6.26 Å². The fourth-order valence-electron chi connectivity index (χ4n) is 2.41. The normalized spacial score (nSPS) is 30.2. The summed E-state index contributed by atoms with van der Waals surface area (Å²) in [6.45, 7) is -0.621. The van der Waals surface area contributed by atoms with E-state index in [0.29, 0.717) is 18.2 Å². The van der Waals surface area contributed by atoms with E-state index < -0.39 is 53.0 Å². The molecule has 0 spiro atoms. The van der Waals surface area contributed by atoms with Gasteiger partial charge in [0, 0.05) is 6.42 Å². The van der Waals surface area contributed by atoms with Crippen LogP contribution in [0.2, 0.25) is 0 Å². The predicted molar refractivity (Wildman–Crippen MR) is 104 cm³/mol. The van der Waals surface area contributed by atoms with Crippen LogP contribution in [0, 0.1) is 0 Å². The van der Waals surface area contributed by atoms with Crippen molar-refractivity contribution in [2.45, 2.75) is 61.6 Å². The summed E-state index contributed by atoms with van der Waals surface area (Å²) in [6, 6.07) is 0. The second-order valence-electron chi connectivity index (χ2n) is 6.13. The summed E-state index contributed by atoms with van der Waals surface area (Å²) >= 11 is 2.33. The number of nitrogens with zero attached hydrogens (tertiary/aromatic N) is 1. The third-order valence-corrected chi connectivity index (χ3v) is 6.04. The van der Waals surface area contributed by atoms with Gasteiger partial charge in [-0.2, -0.15) is 20.2 Å². The van der Waals surface area contributed by atoms with E-state index in [9.17, 15) is 34.0 Å². The molecule has 0 bridgehead atoms. The first-order valence-electron chi connectivity index (χ1n) is 8.46. The van der Waals surface area contributed by atoms with Crippen molar-refractivity contribution in [1.82, 2.24) is 0 Å². The third-order valence-electron chi connectivity index (χ3n) is 3.91. The summed E-state index contributed by atoms with van der Waals surface area (Å²) in [5.41, 5.74) is -1.20. The lowest BCUT2D eigenvalue weighted by atomic mass is 10.0. The van der Waals surface area contributed by atoms with E-state index in [-0.39, 0.29) is 17.9 Å². The number of aliphatic hydroxyl groups is 5. The molecule has 28 heavy (non-hydrogen) atoms. The van der Waals surface area contributed by atoms with Gasteiger partial charge in [-0.15, -0.1) is 0 Å². The van der Waals surface area contributed by atoms with Crippen molar-refractivity contribution in [2.75, 3.05) is 18.6 Å². The highest BCUT2D eigenvalue weighted by Gasteiger charge is 2.44. The molecule has 6 atom stereocenters. The molecule has 6 N–H and O–H groups in total. The fourth-order valence-corrected chi connectivity index (χ4v) is 4.18. The van der Waals surface area contributed by atoms with Gasteiger partial charge < -0.3 is 30.3 Å². The van der Waals surface area contributed by atoms with Crippen LogP contribution in [0.1, 0.15) is 25.7 Å². The van der Waals surface area contributed by atoms with Crippen molar-refractivity contribution in [3.8, 4) is 0 Å². The van der Waals surface area contributed by atoms with Crippen LogP contribution in [0.3, 0.4) is 0 Å². The number of hydrogen-bond donors (Lipinski definition) is 6. The van der Waals surface area contributed by atoms with Crippen LogP contribution in [0.5, 0.6) is 0 Å². The topological polar surface area (TPSA) is 186 Å². The maximum Gasteiger partial charge on any atom is 0.466 e. The standard InChI is InChI=1S/C14H27NO10S3/c1-26-6-2-3-8(17)4-5-10(15-25-28(21,22)23)27-14-13(20)12(19)11(18)9(7-16)24-14/h8-9,11-14,16-20H,2-7H2,1H3,(H,21,22,23). The molecule has 1 aliphatic rings. The van der Waals surface area contributed by atoms with Gasteiger partial charge in [0.05, 0.1) is 12.7 Å². The first-order chi connectivity index (χ1) is 13.1. The minimum Gasteiger partial charge on any atom is -0.394 e. The van der Waals surface area contributed by atoms with Gasteiger partial charge in [-0.05, 0) is 31.3 Å². The monoisotopic (exact) mass is 465 g/mol. The van der Waals surface area contributed by atoms with Crippen LogP contribution >= 0.6 is 23.5 Å². The Labute approximate surface area is 172 Å². The SMILES string of the molecule is CSCCCC(O)CCC(=NOS(=O)(=O)O)SC1OC(CO)C(O)C(O)C1O. The van der Waals surface area contributed by atoms with E-state index >= 15 is 0 Å². The van der Waals surface area contributed by atoms with Gasteiger partial charge in [-0.3, -0.25) is 4.55 Å². The maximum atomic E-state index is 10.8. The molecule has 1 saturated heterocycles. The minimum absolute atomic E-state index is 0.0362. The molecule has 0 saturated carbocycles. The lowest BCUT2D eigenvalue weighted by molar-refractivity contribution is -0.205. The van der Waals surface area contributed by atoms with Crippen LogP contribution in [0.4, 0.5) is 0 Å². The van der Waals surface area contributed by atoms with Crippen LogP contribution in [-0.2, 0) is 19.4 Å². The molecule has 0 aliphatic carbocycles. The number of thioether (sulfide) groups is 2. The summed E-state index contributed by atoms with van der Waals surface area (Å²) in [7, 11) is -4.86. The number of oxime groups is 1. The second kappa shape index (κ2) is 12.5. The Kier molecular flexibility index (Phi) is 11.6. The number of hydrogen-bond acceptors (Lipinski definition) is 12. The van der Waals surface area contributed by atoms with Crippen molar-refractivity contribution >= 4 is 39.0 Å². The Bertz CT molecular complexity index is 588. The highest BCUT2D eigenvalue weighted by molar-refractivity contribution is 8.14. The average Bonchev–Trinajstić information content (AvgIpc) is 2.63. The maximum absolute atomic E-state index is 10.8. The van der Waals surface area contributed by atoms with Gasteiger partial charge >= 0.3 is 10.4 Å². The largest absolute Gasteiger partial charge is 0.466 e. The van der Waals surface area contributed by atoms with E-state index in [4.69, 9.17) is 9.29 Å². The Hall–Kier alpha value is -0.160. The Morgan fingerprint density at radius 2 is 1.89 bits per heavy atom. The minimum atomic E-state index is -4.86. The molecule has 1 aliphatic heterocycles. The second-order valence-corrected chi connectivity index (χ2v) is 9.29. The summed E-state index contributed by atoms with van der Waals surface area (Å²) in [5, 5.41) is 52.2. The van der Waals surface area contributed by atoms with Gasteiger partial charge in [0.15, 0.2) is 0 Å². The fraction of sp³-hybridized carbons (Fsp3) is 0.929. The van der Waals surface area contributed by atoms with Crippen LogP contribution < -0.4 is 0 Å². The lowest BCUT2D eigenvalue weighted by Crippen LogP contribution is -2.57. The van der Waals surface area contributed by atoms with Gasteiger partial charge in [-0.1, -0.05) is 16.9 Å². The van der Waals surface area contributed by atoms with E-state index in [1.165, 1.54) is 0 Å². The number of aliphatic hydroxyl groups excluding tert-OH is 5. The zero-order chi connectivity index (χ0) is 21.3. The first-order valence-corrected chi connectivity index (χ1v) is 12.1. The molecular formula is C14H27NO10S3. The summed E-state index contributed by atoms with van der Waals surface area (Å²) in [5.74, 6) is 0.878. The average molecular weight is 466 g/mol. The molecule has 0 radical (unpaired) electrons. The molecule has 14 heteroatoms. The molecule has 0 amide bonds. The van der Waals surface area contributed by atoms with Gasteiger partial charge in [0.2, 0.25) is 0 Å². The van der Waals surface area contributed by atoms with Crippen molar-refractivity contribution in [3.05, 3.63) is 0 Å². The zero-order valence-corrected chi connectivity index (χ0v) is 17.6. The molecule has 1 fully saturated rings. The van der Waals surface area contributed by atoms with Crippen molar-refractivity contribution in [2.24, 2.45) is 5.16 Å². The zero-order valence-electron chi connectivity index (χ0n) is 15.2. The van der Waals surface area contributed by atoms with Crippen molar-refractivity contribution in [3.63, 3.8) is 0 Å².